The summed E-state index contributed by atoms with van der Waals surface area (Å²) in [5.41, 5.74) is 0.705. The minimum Gasteiger partial charge on any atom is -0.493 e. The summed E-state index contributed by atoms with van der Waals surface area (Å²) in [4.78, 5) is 9.22. The molecule has 3 aromatic rings. The monoisotopic (exact) mass is 485 g/mol. The van der Waals surface area contributed by atoms with Crippen LogP contribution >= 0.6 is 0 Å². The molecule has 178 valence electrons. The lowest BCUT2D eigenvalue weighted by molar-refractivity contribution is -0.119. The minimum absolute atomic E-state index is 0.104. The molecule has 0 amide bonds. The third-order valence-corrected chi connectivity index (χ3v) is 6.18. The van der Waals surface area contributed by atoms with E-state index in [0.29, 0.717) is 22.4 Å². The third kappa shape index (κ3) is 5.37. The number of methoxy groups -OCH3 is 2. The maximum Gasteiger partial charge on any atom is 0.405 e. The Kier molecular flexibility index (Phi) is 6.84. The van der Waals surface area contributed by atoms with Crippen LogP contribution in [0.4, 0.5) is 30.4 Å². The highest BCUT2D eigenvalue weighted by Gasteiger charge is 2.30. The van der Waals surface area contributed by atoms with Crippen molar-refractivity contribution >= 4 is 38.1 Å². The molecule has 33 heavy (non-hydrogen) atoms. The molecule has 2 N–H and O–H groups in total. The first kappa shape index (κ1) is 24.3. The van der Waals surface area contributed by atoms with Crippen LogP contribution in [0.15, 0.2) is 41.6 Å². The Morgan fingerprint density at radius 1 is 1.06 bits per heavy atom. The van der Waals surface area contributed by atoms with Crippen LogP contribution in [0, 0.1) is 0 Å². The maximum atomic E-state index is 13.0. The molecule has 0 unspecified atom stereocenters. The lowest BCUT2D eigenvalue weighted by Crippen LogP contribution is -2.31. The summed E-state index contributed by atoms with van der Waals surface area (Å²) in [6.07, 6.45) is -3.20. The zero-order valence-electron chi connectivity index (χ0n) is 18.2. The molecule has 0 atom stereocenters. The van der Waals surface area contributed by atoms with Crippen molar-refractivity contribution in [3.05, 3.63) is 36.7 Å². The topological polar surface area (TPSA) is 106 Å². The van der Waals surface area contributed by atoms with Crippen molar-refractivity contribution in [2.75, 3.05) is 45.1 Å². The molecule has 0 fully saturated rings. The lowest BCUT2D eigenvalue weighted by atomic mass is 10.2. The Hall–Kier alpha value is -3.32. The summed E-state index contributed by atoms with van der Waals surface area (Å²) in [5.74, 6) is 1.06. The van der Waals surface area contributed by atoms with Crippen molar-refractivity contribution in [3.63, 3.8) is 0 Å². The van der Waals surface area contributed by atoms with E-state index in [1.54, 1.807) is 12.1 Å². The van der Waals surface area contributed by atoms with E-state index in [1.807, 2.05) is 0 Å². The summed E-state index contributed by atoms with van der Waals surface area (Å²) in [7, 11) is 1.57. The average Bonchev–Trinajstić information content (AvgIpc) is 2.77. The standard InChI is InChI=1S/C20H22F3N5O4S/c1-24-33(29,30)12-5-6-16(28(2)10-20(21,22)23)15(7-12)27-19-13-8-17(31-3)18(32-4)9-14(13)25-11-26-19/h5-9,11,24H,10H2,1-4H3,(H,25,26,27). The van der Waals surface area contributed by atoms with E-state index in [4.69, 9.17) is 9.47 Å². The second-order valence-electron chi connectivity index (χ2n) is 6.93. The molecule has 13 heteroatoms. The van der Waals surface area contributed by atoms with Gasteiger partial charge in [0.1, 0.15) is 18.7 Å². The molecule has 1 heterocycles. The molecule has 0 radical (unpaired) electrons. The Balaban J connectivity index is 2.16. The van der Waals surface area contributed by atoms with E-state index in [0.717, 1.165) is 4.90 Å². The third-order valence-electron chi connectivity index (χ3n) is 4.77. The number of aromatic nitrogens is 2. The van der Waals surface area contributed by atoms with E-state index in [-0.39, 0.29) is 22.1 Å². The summed E-state index contributed by atoms with van der Waals surface area (Å²) < 4.78 is 76.4. The van der Waals surface area contributed by atoms with Gasteiger partial charge in [-0.05, 0) is 31.3 Å². The highest BCUT2D eigenvalue weighted by Crippen LogP contribution is 2.37. The Labute approximate surface area is 188 Å². The summed E-state index contributed by atoms with van der Waals surface area (Å²) in [6, 6.07) is 7.00. The van der Waals surface area contributed by atoms with Crippen molar-refractivity contribution in [2.24, 2.45) is 0 Å². The van der Waals surface area contributed by atoms with Gasteiger partial charge < -0.3 is 19.7 Å². The Bertz CT molecular complexity index is 1270. The number of alkyl halides is 3. The molecule has 0 spiro atoms. The predicted molar refractivity (Wildman–Crippen MR) is 118 cm³/mol. The number of nitrogens with one attached hydrogen (secondary N) is 2. The first-order valence-electron chi connectivity index (χ1n) is 9.48. The zero-order valence-corrected chi connectivity index (χ0v) is 19.0. The molecular formula is C20H22F3N5O4S. The quantitative estimate of drug-likeness (QED) is 0.501. The number of rotatable bonds is 8. The molecule has 0 saturated heterocycles. The lowest BCUT2D eigenvalue weighted by Gasteiger charge is -2.24. The van der Waals surface area contributed by atoms with Crippen molar-refractivity contribution in [1.29, 1.82) is 0 Å². The largest absolute Gasteiger partial charge is 0.493 e. The van der Waals surface area contributed by atoms with Gasteiger partial charge in [-0.3, -0.25) is 0 Å². The molecule has 0 aliphatic carbocycles. The average molecular weight is 485 g/mol. The molecule has 0 aliphatic heterocycles. The number of nitrogens with zero attached hydrogens (tertiary/aromatic N) is 3. The summed E-state index contributed by atoms with van der Waals surface area (Å²) in [6.45, 7) is -1.24. The van der Waals surface area contributed by atoms with Gasteiger partial charge in [0.15, 0.2) is 11.5 Å². The van der Waals surface area contributed by atoms with Crippen LogP contribution in [-0.4, -0.2) is 59.4 Å². The highest BCUT2D eigenvalue weighted by molar-refractivity contribution is 7.89. The van der Waals surface area contributed by atoms with E-state index in [9.17, 15) is 21.6 Å². The molecular weight excluding hydrogens is 463 g/mol. The second-order valence-corrected chi connectivity index (χ2v) is 8.82. The molecule has 9 nitrogen and oxygen atoms in total. The summed E-state index contributed by atoms with van der Waals surface area (Å²) in [5, 5.41) is 3.45. The van der Waals surface area contributed by atoms with Crippen LogP contribution in [0.3, 0.4) is 0 Å². The molecule has 0 bridgehead atoms. The van der Waals surface area contributed by atoms with E-state index in [2.05, 4.69) is 20.0 Å². The van der Waals surface area contributed by atoms with Crippen molar-refractivity contribution in [3.8, 4) is 11.5 Å². The van der Waals surface area contributed by atoms with Gasteiger partial charge in [0, 0.05) is 18.5 Å². The van der Waals surface area contributed by atoms with Crippen LogP contribution in [0.25, 0.3) is 10.9 Å². The van der Waals surface area contributed by atoms with Crippen LogP contribution < -0.4 is 24.4 Å². The first-order chi connectivity index (χ1) is 15.5. The first-order valence-corrected chi connectivity index (χ1v) is 11.0. The van der Waals surface area contributed by atoms with Crippen molar-refractivity contribution in [1.82, 2.24) is 14.7 Å². The van der Waals surface area contributed by atoms with Crippen molar-refractivity contribution < 1.29 is 31.1 Å². The molecule has 2 aromatic carbocycles. The smallest absolute Gasteiger partial charge is 0.405 e. The maximum absolute atomic E-state index is 13.0. The molecule has 0 saturated carbocycles. The van der Waals surface area contributed by atoms with Crippen molar-refractivity contribution in [2.45, 2.75) is 11.1 Å². The number of hydrogen-bond donors (Lipinski definition) is 2. The van der Waals surface area contributed by atoms with Gasteiger partial charge in [0.25, 0.3) is 0 Å². The summed E-state index contributed by atoms with van der Waals surface area (Å²) >= 11 is 0. The highest BCUT2D eigenvalue weighted by atomic mass is 32.2. The normalized spacial score (nSPS) is 12.0. The fraction of sp³-hybridized carbons (Fsp3) is 0.300. The van der Waals surface area contributed by atoms with Gasteiger partial charge in [-0.1, -0.05) is 0 Å². The predicted octanol–water partition coefficient (Wildman–Crippen LogP) is 3.30. The van der Waals surface area contributed by atoms with Crippen LogP contribution in [0.5, 0.6) is 11.5 Å². The van der Waals surface area contributed by atoms with Gasteiger partial charge in [-0.2, -0.15) is 13.2 Å². The number of ether oxygens (including phenoxy) is 2. The van der Waals surface area contributed by atoms with Gasteiger partial charge >= 0.3 is 6.18 Å². The van der Waals surface area contributed by atoms with Gasteiger partial charge in [0.2, 0.25) is 10.0 Å². The van der Waals surface area contributed by atoms with Crippen LogP contribution in [0.2, 0.25) is 0 Å². The number of sulfonamides is 1. The van der Waals surface area contributed by atoms with Gasteiger partial charge in [-0.25, -0.2) is 23.1 Å². The second kappa shape index (κ2) is 9.27. The molecule has 3 rings (SSSR count). The Morgan fingerprint density at radius 2 is 1.73 bits per heavy atom. The fourth-order valence-corrected chi connectivity index (χ4v) is 3.95. The Morgan fingerprint density at radius 3 is 2.33 bits per heavy atom. The number of benzene rings is 2. The van der Waals surface area contributed by atoms with Gasteiger partial charge in [0.05, 0.1) is 36.0 Å². The van der Waals surface area contributed by atoms with E-state index >= 15 is 0 Å². The number of halogens is 3. The van der Waals surface area contributed by atoms with Gasteiger partial charge in [-0.15, -0.1) is 0 Å². The number of fused-ring (bicyclic) bond motifs is 1. The fourth-order valence-electron chi connectivity index (χ4n) is 3.20. The molecule has 0 aliphatic rings. The number of anilines is 3. The number of hydrogen-bond acceptors (Lipinski definition) is 8. The molecule has 1 aromatic heterocycles. The minimum atomic E-state index is -4.47. The zero-order chi connectivity index (χ0) is 24.4. The SMILES string of the molecule is CNS(=O)(=O)c1ccc(N(C)CC(F)(F)F)c(Nc2ncnc3cc(OC)c(OC)cc23)c1. The van der Waals surface area contributed by atoms with Crippen LogP contribution in [-0.2, 0) is 10.0 Å². The van der Waals surface area contributed by atoms with Crippen LogP contribution in [0.1, 0.15) is 0 Å². The van der Waals surface area contributed by atoms with E-state index in [1.165, 1.54) is 52.8 Å². The van der Waals surface area contributed by atoms with E-state index < -0.39 is 22.7 Å².